The van der Waals surface area contributed by atoms with Crippen molar-refractivity contribution in [2.24, 2.45) is 5.92 Å². The number of carboxylic acids is 1. The highest BCUT2D eigenvalue weighted by Crippen LogP contribution is 2.21. The number of thiophene rings is 1. The van der Waals surface area contributed by atoms with E-state index in [4.69, 9.17) is 5.11 Å². The number of nitrogens with one attached hydrogen (secondary N) is 1. The Kier molecular flexibility index (Phi) is 6.51. The molecule has 5 nitrogen and oxygen atoms in total. The van der Waals surface area contributed by atoms with E-state index >= 15 is 0 Å². The average molecular weight is 298 g/mol. The van der Waals surface area contributed by atoms with Crippen molar-refractivity contribution in [3.8, 4) is 0 Å². The van der Waals surface area contributed by atoms with E-state index in [9.17, 15) is 9.59 Å². The van der Waals surface area contributed by atoms with Crippen LogP contribution in [0.4, 0.5) is 4.79 Å². The molecule has 0 saturated heterocycles. The highest BCUT2D eigenvalue weighted by atomic mass is 32.1. The van der Waals surface area contributed by atoms with Crippen molar-refractivity contribution in [1.82, 2.24) is 10.2 Å². The maximum absolute atomic E-state index is 12.2. The van der Waals surface area contributed by atoms with Crippen molar-refractivity contribution in [3.05, 3.63) is 22.4 Å². The zero-order valence-electron chi connectivity index (χ0n) is 12.1. The van der Waals surface area contributed by atoms with Crippen molar-refractivity contribution in [2.45, 2.75) is 33.2 Å². The Morgan fingerprint density at radius 1 is 1.45 bits per heavy atom. The van der Waals surface area contributed by atoms with Crippen LogP contribution in [0.5, 0.6) is 0 Å². The van der Waals surface area contributed by atoms with Crippen LogP contribution in [-0.4, -0.2) is 35.1 Å². The van der Waals surface area contributed by atoms with E-state index in [1.54, 1.807) is 18.3 Å². The first kappa shape index (κ1) is 16.5. The van der Waals surface area contributed by atoms with E-state index in [-0.39, 0.29) is 18.6 Å². The molecule has 0 aliphatic carbocycles. The monoisotopic (exact) mass is 298 g/mol. The molecular weight excluding hydrogens is 276 g/mol. The molecule has 0 radical (unpaired) electrons. The minimum atomic E-state index is -0.887. The Balaban J connectivity index is 2.64. The van der Waals surface area contributed by atoms with Gasteiger partial charge in [0.2, 0.25) is 0 Å². The van der Waals surface area contributed by atoms with Crippen LogP contribution in [-0.2, 0) is 4.79 Å². The van der Waals surface area contributed by atoms with E-state index in [0.717, 1.165) is 11.3 Å². The minimum Gasteiger partial charge on any atom is -0.481 e. The largest absolute Gasteiger partial charge is 0.481 e. The molecule has 0 fully saturated rings. The van der Waals surface area contributed by atoms with Gasteiger partial charge in [0.25, 0.3) is 0 Å². The van der Waals surface area contributed by atoms with Gasteiger partial charge in [0, 0.05) is 18.0 Å². The summed E-state index contributed by atoms with van der Waals surface area (Å²) in [7, 11) is 0. The fourth-order valence-electron chi connectivity index (χ4n) is 1.87. The van der Waals surface area contributed by atoms with Crippen molar-refractivity contribution in [3.63, 3.8) is 0 Å². The quantitative estimate of drug-likeness (QED) is 0.813. The summed E-state index contributed by atoms with van der Waals surface area (Å²) in [5.41, 5.74) is 0. The first-order valence-corrected chi connectivity index (χ1v) is 7.69. The molecule has 0 spiro atoms. The van der Waals surface area contributed by atoms with Crippen molar-refractivity contribution in [1.29, 1.82) is 0 Å². The van der Waals surface area contributed by atoms with Gasteiger partial charge in [0.15, 0.2) is 0 Å². The summed E-state index contributed by atoms with van der Waals surface area (Å²) < 4.78 is 0. The van der Waals surface area contributed by atoms with Gasteiger partial charge in [-0.3, -0.25) is 4.79 Å². The molecule has 2 amide bonds. The molecule has 0 aliphatic heterocycles. The summed E-state index contributed by atoms with van der Waals surface area (Å²) >= 11 is 1.61. The Morgan fingerprint density at radius 2 is 2.15 bits per heavy atom. The summed E-state index contributed by atoms with van der Waals surface area (Å²) in [6, 6.07) is 3.73. The maximum Gasteiger partial charge on any atom is 0.317 e. The molecule has 6 heteroatoms. The van der Waals surface area contributed by atoms with Gasteiger partial charge in [0.05, 0.1) is 12.0 Å². The SMILES string of the molecule is CCC(NC(=O)N(CC)CC(C)C(=O)O)c1cccs1. The maximum atomic E-state index is 12.2. The van der Waals surface area contributed by atoms with Crippen LogP contribution in [0.25, 0.3) is 0 Å². The van der Waals surface area contributed by atoms with Gasteiger partial charge in [-0.05, 0) is 24.8 Å². The van der Waals surface area contributed by atoms with E-state index in [0.29, 0.717) is 6.54 Å². The molecule has 2 atom stereocenters. The number of aliphatic carboxylic acids is 1. The Morgan fingerprint density at radius 3 is 2.60 bits per heavy atom. The number of carbonyl (C=O) groups is 2. The molecule has 1 aromatic heterocycles. The lowest BCUT2D eigenvalue weighted by Crippen LogP contribution is -2.44. The molecule has 2 unspecified atom stereocenters. The lowest BCUT2D eigenvalue weighted by atomic mass is 10.1. The van der Waals surface area contributed by atoms with Crippen molar-refractivity contribution >= 4 is 23.3 Å². The summed E-state index contributed by atoms with van der Waals surface area (Å²) in [6.07, 6.45) is 0.804. The Labute approximate surface area is 123 Å². The predicted molar refractivity (Wildman–Crippen MR) is 79.9 cm³/mol. The molecule has 0 saturated carbocycles. The molecule has 1 heterocycles. The number of hydrogen-bond acceptors (Lipinski definition) is 3. The van der Waals surface area contributed by atoms with Crippen LogP contribution in [0, 0.1) is 5.92 Å². The second-order valence-corrected chi connectivity index (χ2v) is 5.68. The standard InChI is InChI=1S/C14H22N2O3S/c1-4-11(12-7-6-8-20-12)15-14(19)16(5-2)9-10(3)13(17)18/h6-8,10-11H,4-5,9H2,1-3H3,(H,15,19)(H,17,18). The molecule has 1 aromatic rings. The van der Waals surface area contributed by atoms with Crippen LogP contribution < -0.4 is 5.32 Å². The number of amides is 2. The smallest absolute Gasteiger partial charge is 0.317 e. The molecule has 1 rings (SSSR count). The highest BCUT2D eigenvalue weighted by molar-refractivity contribution is 7.10. The van der Waals surface area contributed by atoms with Gasteiger partial charge in [-0.2, -0.15) is 0 Å². The summed E-state index contributed by atoms with van der Waals surface area (Å²) in [4.78, 5) is 25.8. The van der Waals surface area contributed by atoms with E-state index < -0.39 is 11.9 Å². The fraction of sp³-hybridized carbons (Fsp3) is 0.571. The first-order valence-electron chi connectivity index (χ1n) is 6.81. The molecule has 112 valence electrons. The molecule has 20 heavy (non-hydrogen) atoms. The normalized spacial score (nSPS) is 13.6. The second-order valence-electron chi connectivity index (χ2n) is 4.70. The average Bonchev–Trinajstić information content (AvgIpc) is 2.95. The number of carbonyl (C=O) groups excluding carboxylic acids is 1. The van der Waals surface area contributed by atoms with Crippen LogP contribution in [0.2, 0.25) is 0 Å². The van der Waals surface area contributed by atoms with Crippen LogP contribution in [0.3, 0.4) is 0 Å². The highest BCUT2D eigenvalue weighted by Gasteiger charge is 2.21. The van der Waals surface area contributed by atoms with Gasteiger partial charge in [-0.1, -0.05) is 19.9 Å². The van der Waals surface area contributed by atoms with E-state index in [2.05, 4.69) is 5.32 Å². The zero-order chi connectivity index (χ0) is 15.1. The number of carboxylic acid groups (broad SMARTS) is 1. The van der Waals surface area contributed by atoms with E-state index in [1.807, 2.05) is 31.4 Å². The summed E-state index contributed by atoms with van der Waals surface area (Å²) in [5.74, 6) is -1.45. The zero-order valence-corrected chi connectivity index (χ0v) is 12.9. The number of hydrogen-bond donors (Lipinski definition) is 2. The van der Waals surface area contributed by atoms with Gasteiger partial charge in [0.1, 0.15) is 0 Å². The molecular formula is C14H22N2O3S. The molecule has 0 aromatic carbocycles. The second kappa shape index (κ2) is 7.89. The number of urea groups is 1. The third-order valence-corrected chi connectivity index (χ3v) is 4.16. The van der Waals surface area contributed by atoms with Gasteiger partial charge in [-0.15, -0.1) is 11.3 Å². The van der Waals surface area contributed by atoms with Crippen LogP contribution in [0.1, 0.15) is 38.1 Å². The summed E-state index contributed by atoms with van der Waals surface area (Å²) in [5, 5.41) is 13.9. The fourth-order valence-corrected chi connectivity index (χ4v) is 2.73. The Bertz CT molecular complexity index is 434. The molecule has 0 aliphatic rings. The number of nitrogens with zero attached hydrogens (tertiary/aromatic N) is 1. The predicted octanol–water partition coefficient (Wildman–Crippen LogP) is 2.95. The topological polar surface area (TPSA) is 69.6 Å². The first-order chi connectivity index (χ1) is 9.49. The molecule has 2 N–H and O–H groups in total. The molecule has 0 bridgehead atoms. The number of rotatable bonds is 7. The van der Waals surface area contributed by atoms with E-state index in [1.165, 1.54) is 4.90 Å². The minimum absolute atomic E-state index is 0.0170. The van der Waals surface area contributed by atoms with Gasteiger partial charge >= 0.3 is 12.0 Å². The third-order valence-electron chi connectivity index (χ3n) is 3.18. The summed E-state index contributed by atoms with van der Waals surface area (Å²) in [6.45, 7) is 6.18. The van der Waals surface area contributed by atoms with Gasteiger partial charge in [-0.25, -0.2) is 4.79 Å². The Hall–Kier alpha value is -1.56. The van der Waals surface area contributed by atoms with Gasteiger partial charge < -0.3 is 15.3 Å². The van der Waals surface area contributed by atoms with Crippen molar-refractivity contribution in [2.75, 3.05) is 13.1 Å². The van der Waals surface area contributed by atoms with Crippen LogP contribution in [0.15, 0.2) is 17.5 Å². The van der Waals surface area contributed by atoms with Crippen LogP contribution >= 0.6 is 11.3 Å². The lowest BCUT2D eigenvalue weighted by Gasteiger charge is -2.26. The lowest BCUT2D eigenvalue weighted by molar-refractivity contribution is -0.141. The van der Waals surface area contributed by atoms with Crippen molar-refractivity contribution < 1.29 is 14.7 Å². The third kappa shape index (κ3) is 4.52.